The first kappa shape index (κ1) is 9.72. The van der Waals surface area contributed by atoms with Gasteiger partial charge < -0.3 is 5.11 Å². The van der Waals surface area contributed by atoms with Crippen molar-refractivity contribution < 1.29 is 5.11 Å². The Morgan fingerprint density at radius 3 is 2.71 bits per heavy atom. The van der Waals surface area contributed by atoms with E-state index in [4.69, 9.17) is 0 Å². The molecule has 3 rings (SSSR count). The van der Waals surface area contributed by atoms with Crippen LogP contribution in [0.4, 0.5) is 5.69 Å². The zero-order valence-corrected chi connectivity index (χ0v) is 9.04. The average Bonchev–Trinajstić information content (AvgIpc) is 2.73. The molecule has 0 bridgehead atoms. The van der Waals surface area contributed by atoms with Crippen LogP contribution in [0.1, 0.15) is 0 Å². The molecule has 2 heterocycles. The lowest BCUT2D eigenvalue weighted by Gasteiger charge is -2.08. The number of phenolic OH excluding ortho intramolecular Hbond substituents is 1. The Morgan fingerprint density at radius 2 is 1.88 bits per heavy atom. The van der Waals surface area contributed by atoms with E-state index in [1.54, 1.807) is 24.5 Å². The maximum atomic E-state index is 9.39. The summed E-state index contributed by atoms with van der Waals surface area (Å²) in [5.74, 6) is 0.277. The van der Waals surface area contributed by atoms with Gasteiger partial charge in [0.05, 0.1) is 11.2 Å². The van der Waals surface area contributed by atoms with Gasteiger partial charge in [-0.25, -0.2) is 0 Å². The summed E-state index contributed by atoms with van der Waals surface area (Å²) in [5, 5.41) is 10.4. The van der Waals surface area contributed by atoms with Gasteiger partial charge in [0.1, 0.15) is 5.75 Å². The van der Waals surface area contributed by atoms with Crippen molar-refractivity contribution in [1.82, 2.24) is 9.66 Å². The van der Waals surface area contributed by atoms with Crippen molar-refractivity contribution in [2.75, 3.05) is 5.43 Å². The number of phenols is 1. The van der Waals surface area contributed by atoms with Gasteiger partial charge in [-0.2, -0.15) is 0 Å². The van der Waals surface area contributed by atoms with E-state index in [0.717, 1.165) is 16.6 Å². The Morgan fingerprint density at radius 1 is 1.06 bits per heavy atom. The first-order valence-electron chi connectivity index (χ1n) is 5.30. The van der Waals surface area contributed by atoms with E-state index < -0.39 is 0 Å². The largest absolute Gasteiger partial charge is 0.508 e. The van der Waals surface area contributed by atoms with Crippen molar-refractivity contribution in [3.05, 3.63) is 55.0 Å². The van der Waals surface area contributed by atoms with Gasteiger partial charge in [-0.05, 0) is 36.4 Å². The highest BCUT2D eigenvalue weighted by molar-refractivity contribution is 5.82. The number of anilines is 1. The topological polar surface area (TPSA) is 50.1 Å². The maximum absolute atomic E-state index is 9.39. The second-order valence-corrected chi connectivity index (χ2v) is 3.78. The van der Waals surface area contributed by atoms with Gasteiger partial charge >= 0.3 is 0 Å². The molecule has 4 nitrogen and oxygen atoms in total. The Bertz CT molecular complexity index is 646. The minimum Gasteiger partial charge on any atom is -0.508 e. The second kappa shape index (κ2) is 3.83. The summed E-state index contributed by atoms with van der Waals surface area (Å²) in [6, 6.07) is 11.0. The summed E-state index contributed by atoms with van der Waals surface area (Å²) in [6.45, 7) is 0. The summed E-state index contributed by atoms with van der Waals surface area (Å²) < 4.78 is 1.91. The van der Waals surface area contributed by atoms with Crippen LogP contribution in [0.2, 0.25) is 0 Å². The lowest BCUT2D eigenvalue weighted by atomic mass is 10.2. The van der Waals surface area contributed by atoms with Crippen LogP contribution >= 0.6 is 0 Å². The number of aromatic nitrogens is 2. The zero-order chi connectivity index (χ0) is 11.7. The van der Waals surface area contributed by atoms with E-state index in [-0.39, 0.29) is 5.75 Å². The number of benzene rings is 1. The first-order valence-corrected chi connectivity index (χ1v) is 5.30. The molecule has 0 amide bonds. The molecule has 0 aliphatic rings. The zero-order valence-electron chi connectivity index (χ0n) is 9.04. The molecule has 0 aliphatic carbocycles. The molecule has 0 fully saturated rings. The van der Waals surface area contributed by atoms with Crippen molar-refractivity contribution in [1.29, 1.82) is 0 Å². The summed E-state index contributed by atoms with van der Waals surface area (Å²) >= 11 is 0. The van der Waals surface area contributed by atoms with Crippen LogP contribution in [-0.2, 0) is 0 Å². The van der Waals surface area contributed by atoms with Gasteiger partial charge in [-0.15, -0.1) is 0 Å². The maximum Gasteiger partial charge on any atom is 0.116 e. The third-order valence-corrected chi connectivity index (χ3v) is 2.60. The fourth-order valence-corrected chi connectivity index (χ4v) is 1.79. The van der Waals surface area contributed by atoms with E-state index in [1.165, 1.54) is 0 Å². The van der Waals surface area contributed by atoms with E-state index in [9.17, 15) is 5.11 Å². The van der Waals surface area contributed by atoms with Crippen LogP contribution in [0, 0.1) is 0 Å². The highest BCUT2D eigenvalue weighted by atomic mass is 16.3. The molecule has 3 aromatic rings. The molecule has 1 aromatic carbocycles. The molecule has 84 valence electrons. The Balaban J connectivity index is 2.01. The van der Waals surface area contributed by atoms with Crippen molar-refractivity contribution >= 4 is 16.6 Å². The number of nitrogens with zero attached hydrogens (tertiary/aromatic N) is 2. The number of hydrogen-bond donors (Lipinski definition) is 2. The van der Waals surface area contributed by atoms with E-state index >= 15 is 0 Å². The third-order valence-electron chi connectivity index (χ3n) is 2.60. The van der Waals surface area contributed by atoms with Gasteiger partial charge in [0.25, 0.3) is 0 Å². The molecule has 2 aromatic heterocycles. The van der Waals surface area contributed by atoms with Crippen LogP contribution < -0.4 is 5.43 Å². The van der Waals surface area contributed by atoms with Gasteiger partial charge in [0.15, 0.2) is 0 Å². The molecule has 0 saturated carbocycles. The van der Waals surface area contributed by atoms with Crippen molar-refractivity contribution in [2.24, 2.45) is 0 Å². The van der Waals surface area contributed by atoms with Crippen LogP contribution in [0.3, 0.4) is 0 Å². The molecular weight excluding hydrogens is 214 g/mol. The molecule has 0 saturated heterocycles. The minimum absolute atomic E-state index is 0.277. The summed E-state index contributed by atoms with van der Waals surface area (Å²) in [5.41, 5.74) is 5.22. The SMILES string of the molecule is Oc1ccc2c(ccn2Nc2ccncc2)c1. The molecule has 0 spiro atoms. The standard InChI is InChI=1S/C13H11N3O/c17-12-1-2-13-10(9-12)5-8-16(13)15-11-3-6-14-7-4-11/h1-9,17H,(H,14,15). The van der Waals surface area contributed by atoms with Gasteiger partial charge in [-0.3, -0.25) is 15.1 Å². The minimum atomic E-state index is 0.277. The summed E-state index contributed by atoms with van der Waals surface area (Å²) in [7, 11) is 0. The first-order chi connectivity index (χ1) is 8.33. The normalized spacial score (nSPS) is 10.6. The van der Waals surface area contributed by atoms with Gasteiger partial charge in [0, 0.05) is 24.0 Å². The van der Waals surface area contributed by atoms with Crippen LogP contribution in [0.15, 0.2) is 55.0 Å². The molecule has 0 radical (unpaired) electrons. The summed E-state index contributed by atoms with van der Waals surface area (Å²) in [4.78, 5) is 3.97. The van der Waals surface area contributed by atoms with Crippen molar-refractivity contribution in [3.63, 3.8) is 0 Å². The number of fused-ring (bicyclic) bond motifs is 1. The van der Waals surface area contributed by atoms with Crippen molar-refractivity contribution in [2.45, 2.75) is 0 Å². The number of nitrogens with one attached hydrogen (secondary N) is 1. The average molecular weight is 225 g/mol. The molecule has 0 atom stereocenters. The monoisotopic (exact) mass is 225 g/mol. The fourth-order valence-electron chi connectivity index (χ4n) is 1.79. The number of pyridine rings is 1. The highest BCUT2D eigenvalue weighted by Crippen LogP contribution is 2.21. The molecule has 2 N–H and O–H groups in total. The predicted molar refractivity (Wildman–Crippen MR) is 66.9 cm³/mol. The van der Waals surface area contributed by atoms with E-state index in [1.807, 2.05) is 35.1 Å². The van der Waals surface area contributed by atoms with Crippen LogP contribution in [0.5, 0.6) is 5.75 Å². The highest BCUT2D eigenvalue weighted by Gasteiger charge is 2.01. The summed E-state index contributed by atoms with van der Waals surface area (Å²) in [6.07, 6.45) is 5.39. The van der Waals surface area contributed by atoms with E-state index in [0.29, 0.717) is 0 Å². The third kappa shape index (κ3) is 1.80. The molecule has 4 heteroatoms. The quantitative estimate of drug-likeness (QED) is 0.704. The van der Waals surface area contributed by atoms with E-state index in [2.05, 4.69) is 10.4 Å². The van der Waals surface area contributed by atoms with Crippen molar-refractivity contribution in [3.8, 4) is 5.75 Å². The van der Waals surface area contributed by atoms with Gasteiger partial charge in [-0.1, -0.05) is 0 Å². The van der Waals surface area contributed by atoms with Gasteiger partial charge in [0.2, 0.25) is 0 Å². The van der Waals surface area contributed by atoms with Crippen LogP contribution in [-0.4, -0.2) is 14.8 Å². The smallest absolute Gasteiger partial charge is 0.116 e. The molecular formula is C13H11N3O. The molecule has 17 heavy (non-hydrogen) atoms. The number of rotatable bonds is 2. The molecule has 0 unspecified atom stereocenters. The second-order valence-electron chi connectivity index (χ2n) is 3.78. The molecule has 0 aliphatic heterocycles. The Kier molecular flexibility index (Phi) is 2.19. The van der Waals surface area contributed by atoms with Crippen LogP contribution in [0.25, 0.3) is 10.9 Å². The lowest BCUT2D eigenvalue weighted by molar-refractivity contribution is 0.476. The lowest BCUT2D eigenvalue weighted by Crippen LogP contribution is -2.06. The predicted octanol–water partition coefficient (Wildman–Crippen LogP) is 2.62. The Hall–Kier alpha value is -2.49. The Labute approximate surface area is 98.1 Å². The number of aromatic hydroxyl groups is 1. The fraction of sp³-hybridized carbons (Fsp3) is 0. The number of hydrogen-bond acceptors (Lipinski definition) is 3.